The molecule has 2 N–H and O–H groups in total. The molecule has 0 spiro atoms. The summed E-state index contributed by atoms with van der Waals surface area (Å²) in [6.45, 7) is 4.14. The molecule has 0 aliphatic heterocycles. The zero-order valence-corrected chi connectivity index (χ0v) is 15.7. The molecule has 27 heavy (non-hydrogen) atoms. The highest BCUT2D eigenvalue weighted by atomic mass is 16.5. The Morgan fingerprint density at radius 3 is 2.44 bits per heavy atom. The molecule has 0 unspecified atom stereocenters. The minimum absolute atomic E-state index is 0.369. The van der Waals surface area contributed by atoms with Gasteiger partial charge in [-0.2, -0.15) is 0 Å². The first kappa shape index (κ1) is 17.4. The zero-order valence-electron chi connectivity index (χ0n) is 15.7. The number of ether oxygens (including phenoxy) is 1. The second kappa shape index (κ2) is 6.95. The minimum atomic E-state index is -0.369. The molecule has 4 heteroatoms. The van der Waals surface area contributed by atoms with Crippen LogP contribution in [-0.4, -0.2) is 10.5 Å². The van der Waals surface area contributed by atoms with E-state index in [4.69, 9.17) is 10.5 Å². The number of rotatable bonds is 6. The molecular formula is C23H24N2O2. The summed E-state index contributed by atoms with van der Waals surface area (Å²) in [6.07, 6.45) is 3.18. The number of primary amides is 1. The molecule has 0 bridgehead atoms. The Balaban J connectivity index is 1.82. The molecule has 2 aromatic carbocycles. The quantitative estimate of drug-likeness (QED) is 0.652. The first-order valence-corrected chi connectivity index (χ1v) is 9.47. The molecule has 4 nitrogen and oxygen atoms in total. The van der Waals surface area contributed by atoms with Gasteiger partial charge in [0, 0.05) is 23.0 Å². The monoisotopic (exact) mass is 360 g/mol. The second-order valence-corrected chi connectivity index (χ2v) is 7.04. The fourth-order valence-corrected chi connectivity index (χ4v) is 3.89. The highest BCUT2D eigenvalue weighted by Crippen LogP contribution is 2.43. The smallest absolute Gasteiger partial charge is 0.251 e. The average Bonchev–Trinajstić information content (AvgIpc) is 3.45. The van der Waals surface area contributed by atoms with E-state index in [-0.39, 0.29) is 5.91 Å². The maximum Gasteiger partial charge on any atom is 0.251 e. The van der Waals surface area contributed by atoms with E-state index in [1.54, 1.807) is 0 Å². The lowest BCUT2D eigenvalue weighted by molar-refractivity contribution is 0.1000. The summed E-state index contributed by atoms with van der Waals surface area (Å²) in [7, 11) is 0. The van der Waals surface area contributed by atoms with Crippen molar-refractivity contribution in [2.24, 2.45) is 5.73 Å². The Morgan fingerprint density at radius 1 is 1.11 bits per heavy atom. The number of benzene rings is 2. The van der Waals surface area contributed by atoms with E-state index in [0.717, 1.165) is 47.6 Å². The van der Waals surface area contributed by atoms with E-state index in [1.807, 2.05) is 61.5 Å². The van der Waals surface area contributed by atoms with E-state index < -0.39 is 0 Å². The number of hydrogen-bond acceptors (Lipinski definition) is 2. The molecular weight excluding hydrogens is 336 g/mol. The minimum Gasteiger partial charge on any atom is -0.457 e. The maximum absolute atomic E-state index is 12.3. The number of carbonyl (C=O) groups excluding carboxylic acids is 1. The molecule has 1 amide bonds. The molecule has 1 aromatic heterocycles. The largest absolute Gasteiger partial charge is 0.457 e. The summed E-state index contributed by atoms with van der Waals surface area (Å²) in [4.78, 5) is 12.3. The number of aromatic nitrogens is 1. The van der Waals surface area contributed by atoms with Crippen molar-refractivity contribution < 1.29 is 9.53 Å². The average molecular weight is 360 g/mol. The molecule has 3 aromatic rings. The van der Waals surface area contributed by atoms with E-state index in [9.17, 15) is 4.79 Å². The molecule has 4 rings (SSSR count). The van der Waals surface area contributed by atoms with Crippen LogP contribution in [0.15, 0.2) is 54.6 Å². The molecule has 0 saturated heterocycles. The van der Waals surface area contributed by atoms with Crippen molar-refractivity contribution in [2.75, 3.05) is 0 Å². The van der Waals surface area contributed by atoms with Gasteiger partial charge in [0.2, 0.25) is 0 Å². The van der Waals surface area contributed by atoms with Crippen molar-refractivity contribution >= 4 is 5.91 Å². The van der Waals surface area contributed by atoms with Crippen LogP contribution < -0.4 is 10.5 Å². The lowest BCUT2D eigenvalue weighted by Gasteiger charge is -2.11. The number of nitrogens with zero attached hydrogens (tertiary/aromatic N) is 1. The van der Waals surface area contributed by atoms with Crippen LogP contribution in [0.4, 0.5) is 0 Å². The Bertz CT molecular complexity index is 985. The van der Waals surface area contributed by atoms with Crippen molar-refractivity contribution in [3.8, 4) is 22.6 Å². The third-order valence-corrected chi connectivity index (χ3v) is 5.15. The fourth-order valence-electron chi connectivity index (χ4n) is 3.89. The third-order valence-electron chi connectivity index (χ3n) is 5.15. The summed E-state index contributed by atoms with van der Waals surface area (Å²) in [6, 6.07) is 18.1. The van der Waals surface area contributed by atoms with Gasteiger partial charge < -0.3 is 15.0 Å². The van der Waals surface area contributed by atoms with Crippen molar-refractivity contribution in [1.29, 1.82) is 0 Å². The molecule has 1 heterocycles. The van der Waals surface area contributed by atoms with Gasteiger partial charge in [0.15, 0.2) is 0 Å². The Morgan fingerprint density at radius 2 is 1.81 bits per heavy atom. The van der Waals surface area contributed by atoms with Gasteiger partial charge in [0.25, 0.3) is 5.91 Å². The van der Waals surface area contributed by atoms with Gasteiger partial charge in [-0.1, -0.05) is 37.3 Å². The lowest BCUT2D eigenvalue weighted by atomic mass is 9.98. The first-order chi connectivity index (χ1) is 13.1. The van der Waals surface area contributed by atoms with E-state index in [2.05, 4.69) is 11.5 Å². The summed E-state index contributed by atoms with van der Waals surface area (Å²) in [5.41, 5.74) is 10.5. The SMILES string of the molecule is CCc1c(-c2cccc(Oc3ccccc3)c2)c(C(N)=O)c(C)n1C1CC1. The van der Waals surface area contributed by atoms with Crippen LogP contribution in [0.5, 0.6) is 11.5 Å². The van der Waals surface area contributed by atoms with Crippen molar-refractivity contribution in [2.45, 2.75) is 39.2 Å². The van der Waals surface area contributed by atoms with Gasteiger partial charge in [-0.05, 0) is 56.0 Å². The Hall–Kier alpha value is -3.01. The van der Waals surface area contributed by atoms with Gasteiger partial charge in [-0.25, -0.2) is 0 Å². The number of para-hydroxylation sites is 1. The molecule has 1 aliphatic rings. The molecule has 0 radical (unpaired) electrons. The number of carbonyl (C=O) groups is 1. The molecule has 1 aliphatic carbocycles. The van der Waals surface area contributed by atoms with E-state index in [0.29, 0.717) is 11.6 Å². The summed E-state index contributed by atoms with van der Waals surface area (Å²) in [5.74, 6) is 1.16. The topological polar surface area (TPSA) is 57.2 Å². The van der Waals surface area contributed by atoms with Crippen LogP contribution in [-0.2, 0) is 6.42 Å². The van der Waals surface area contributed by atoms with Gasteiger partial charge in [-0.15, -0.1) is 0 Å². The van der Waals surface area contributed by atoms with Gasteiger partial charge >= 0.3 is 0 Å². The number of amides is 1. The van der Waals surface area contributed by atoms with Gasteiger partial charge in [0.1, 0.15) is 11.5 Å². The maximum atomic E-state index is 12.3. The Kier molecular flexibility index (Phi) is 4.48. The van der Waals surface area contributed by atoms with Gasteiger partial charge in [0.05, 0.1) is 5.56 Å². The predicted octanol–water partition coefficient (Wildman–Crippen LogP) is 5.25. The summed E-state index contributed by atoms with van der Waals surface area (Å²) < 4.78 is 8.31. The molecule has 1 saturated carbocycles. The highest BCUT2D eigenvalue weighted by Gasteiger charge is 2.32. The van der Waals surface area contributed by atoms with E-state index >= 15 is 0 Å². The normalized spacial score (nSPS) is 13.6. The highest BCUT2D eigenvalue weighted by molar-refractivity contribution is 6.02. The third kappa shape index (κ3) is 3.23. The molecule has 138 valence electrons. The fraction of sp³-hybridized carbons (Fsp3) is 0.261. The lowest BCUT2D eigenvalue weighted by Crippen LogP contribution is -2.13. The van der Waals surface area contributed by atoms with Crippen LogP contribution in [0, 0.1) is 6.92 Å². The standard InChI is InChI=1S/C23H24N2O2/c1-3-20-22(21(23(24)26)15(2)25(20)17-12-13-17)16-8-7-11-19(14-16)27-18-9-5-4-6-10-18/h4-11,14,17H,3,12-13H2,1-2H3,(H2,24,26). The summed E-state index contributed by atoms with van der Waals surface area (Å²) >= 11 is 0. The number of hydrogen-bond donors (Lipinski definition) is 1. The van der Waals surface area contributed by atoms with Crippen molar-refractivity contribution in [3.63, 3.8) is 0 Å². The van der Waals surface area contributed by atoms with Crippen LogP contribution in [0.3, 0.4) is 0 Å². The van der Waals surface area contributed by atoms with Crippen LogP contribution in [0.2, 0.25) is 0 Å². The second-order valence-electron chi connectivity index (χ2n) is 7.04. The predicted molar refractivity (Wildman–Crippen MR) is 107 cm³/mol. The summed E-state index contributed by atoms with van der Waals surface area (Å²) in [5, 5.41) is 0. The number of nitrogens with two attached hydrogens (primary N) is 1. The van der Waals surface area contributed by atoms with Gasteiger partial charge in [-0.3, -0.25) is 4.79 Å². The van der Waals surface area contributed by atoms with Crippen LogP contribution in [0.1, 0.15) is 47.6 Å². The zero-order chi connectivity index (χ0) is 19.0. The van der Waals surface area contributed by atoms with Crippen LogP contribution in [0.25, 0.3) is 11.1 Å². The van der Waals surface area contributed by atoms with Crippen molar-refractivity contribution in [1.82, 2.24) is 4.57 Å². The van der Waals surface area contributed by atoms with Crippen LogP contribution >= 0.6 is 0 Å². The first-order valence-electron chi connectivity index (χ1n) is 9.47. The molecule has 1 fully saturated rings. The molecule has 0 atom stereocenters. The van der Waals surface area contributed by atoms with Crippen molar-refractivity contribution in [3.05, 3.63) is 71.5 Å². The Labute approximate surface area is 159 Å². The van der Waals surface area contributed by atoms with E-state index in [1.165, 1.54) is 5.69 Å².